The van der Waals surface area contributed by atoms with Crippen LogP contribution in [-0.4, -0.2) is 27.8 Å². The van der Waals surface area contributed by atoms with Gasteiger partial charge < -0.3 is 4.74 Å². The molecule has 2 heterocycles. The molecule has 66 valence electrons. The average Bonchev–Trinajstić information content (AvgIpc) is 2.81. The van der Waals surface area contributed by atoms with Crippen molar-refractivity contribution in [1.82, 2.24) is 9.36 Å². The van der Waals surface area contributed by atoms with E-state index < -0.39 is 0 Å². The first kappa shape index (κ1) is 8.47. The zero-order chi connectivity index (χ0) is 8.39. The number of epoxide rings is 1. The van der Waals surface area contributed by atoms with Crippen LogP contribution in [0, 0.1) is 0 Å². The molecule has 1 fully saturated rings. The summed E-state index contributed by atoms with van der Waals surface area (Å²) in [7, 11) is 0. The lowest BCUT2D eigenvalue weighted by atomic mass is 10.5. The van der Waals surface area contributed by atoms with Crippen LogP contribution in [0.25, 0.3) is 0 Å². The molecule has 0 spiro atoms. The van der Waals surface area contributed by atoms with Gasteiger partial charge in [-0.2, -0.15) is 4.37 Å². The van der Waals surface area contributed by atoms with Crippen LogP contribution in [0.15, 0.2) is 4.34 Å². The lowest BCUT2D eigenvalue weighted by molar-refractivity contribution is 0.426. The summed E-state index contributed by atoms with van der Waals surface area (Å²) in [6.45, 7) is 2.99. The Bertz CT molecular complexity index is 260. The summed E-state index contributed by atoms with van der Waals surface area (Å²) in [5.74, 6) is 1.98. The Hall–Kier alpha value is -0.130. The van der Waals surface area contributed by atoms with Crippen LogP contribution in [0.1, 0.15) is 12.7 Å². The van der Waals surface area contributed by atoms with Crippen molar-refractivity contribution in [2.45, 2.75) is 23.8 Å². The third-order valence-electron chi connectivity index (χ3n) is 1.56. The standard InChI is InChI=1S/C7H10N2OS2/c1-2-6-8-7(12-9-6)11-4-5-3-10-5/h5H,2-4H2,1H3. The maximum absolute atomic E-state index is 5.10. The minimum atomic E-state index is 0.476. The van der Waals surface area contributed by atoms with Crippen molar-refractivity contribution in [1.29, 1.82) is 0 Å². The molecule has 0 saturated carbocycles. The zero-order valence-corrected chi connectivity index (χ0v) is 8.45. The van der Waals surface area contributed by atoms with Gasteiger partial charge in [-0.05, 0) is 11.5 Å². The third kappa shape index (κ3) is 2.18. The summed E-state index contributed by atoms with van der Waals surface area (Å²) in [5.41, 5.74) is 0. The minimum Gasteiger partial charge on any atom is -0.372 e. The van der Waals surface area contributed by atoms with Crippen molar-refractivity contribution in [3.63, 3.8) is 0 Å². The van der Waals surface area contributed by atoms with Gasteiger partial charge in [-0.3, -0.25) is 0 Å². The summed E-state index contributed by atoms with van der Waals surface area (Å²) in [6.07, 6.45) is 1.40. The lowest BCUT2D eigenvalue weighted by Crippen LogP contribution is -1.88. The van der Waals surface area contributed by atoms with Crippen molar-refractivity contribution >= 4 is 23.3 Å². The maximum atomic E-state index is 5.10. The molecular weight excluding hydrogens is 192 g/mol. The topological polar surface area (TPSA) is 38.3 Å². The summed E-state index contributed by atoms with van der Waals surface area (Å²) < 4.78 is 10.4. The molecule has 2 rings (SSSR count). The van der Waals surface area contributed by atoms with Gasteiger partial charge in [0.25, 0.3) is 0 Å². The van der Waals surface area contributed by atoms with Gasteiger partial charge in [0.05, 0.1) is 12.7 Å². The fraction of sp³-hybridized carbons (Fsp3) is 0.714. The molecule has 1 aliphatic rings. The van der Waals surface area contributed by atoms with Crippen LogP contribution in [0.2, 0.25) is 0 Å². The highest BCUT2D eigenvalue weighted by Gasteiger charge is 2.22. The number of hydrogen-bond acceptors (Lipinski definition) is 5. The molecule has 3 nitrogen and oxygen atoms in total. The molecule has 1 aliphatic heterocycles. The first-order chi connectivity index (χ1) is 5.88. The van der Waals surface area contributed by atoms with E-state index in [1.54, 1.807) is 11.8 Å². The molecule has 0 bridgehead atoms. The molecule has 0 N–H and O–H groups in total. The molecule has 0 aromatic carbocycles. The lowest BCUT2D eigenvalue weighted by Gasteiger charge is -1.89. The van der Waals surface area contributed by atoms with Crippen molar-refractivity contribution in [3.05, 3.63) is 5.82 Å². The quantitative estimate of drug-likeness (QED) is 0.549. The predicted octanol–water partition coefficient (Wildman–Crippen LogP) is 1.59. The highest BCUT2D eigenvalue weighted by atomic mass is 32.2. The fourth-order valence-corrected chi connectivity index (χ4v) is 2.49. The number of aromatic nitrogens is 2. The van der Waals surface area contributed by atoms with E-state index in [2.05, 4.69) is 16.3 Å². The Labute approximate surface area is 79.7 Å². The molecule has 1 unspecified atom stereocenters. The van der Waals surface area contributed by atoms with Crippen LogP contribution in [0.4, 0.5) is 0 Å². The molecular formula is C7H10N2OS2. The second-order valence-electron chi connectivity index (χ2n) is 2.60. The summed E-state index contributed by atoms with van der Waals surface area (Å²) in [4.78, 5) is 4.34. The Kier molecular flexibility index (Phi) is 2.63. The van der Waals surface area contributed by atoms with Crippen LogP contribution < -0.4 is 0 Å². The van der Waals surface area contributed by atoms with Crippen LogP contribution >= 0.6 is 23.3 Å². The van der Waals surface area contributed by atoms with E-state index in [0.717, 1.165) is 28.9 Å². The normalized spacial score (nSPS) is 21.2. The number of aryl methyl sites for hydroxylation is 1. The van der Waals surface area contributed by atoms with Gasteiger partial charge in [-0.25, -0.2) is 4.98 Å². The molecule has 1 aromatic rings. The molecule has 1 atom stereocenters. The van der Waals surface area contributed by atoms with Gasteiger partial charge >= 0.3 is 0 Å². The monoisotopic (exact) mass is 202 g/mol. The van der Waals surface area contributed by atoms with E-state index in [9.17, 15) is 0 Å². The van der Waals surface area contributed by atoms with Gasteiger partial charge in [0.1, 0.15) is 5.82 Å². The molecule has 1 saturated heterocycles. The van der Waals surface area contributed by atoms with Crippen LogP contribution in [0.3, 0.4) is 0 Å². The van der Waals surface area contributed by atoms with Crippen LogP contribution in [-0.2, 0) is 11.2 Å². The smallest absolute Gasteiger partial charge is 0.170 e. The molecule has 12 heavy (non-hydrogen) atoms. The summed E-state index contributed by atoms with van der Waals surface area (Å²) in [6, 6.07) is 0. The highest BCUT2D eigenvalue weighted by Crippen LogP contribution is 2.25. The van der Waals surface area contributed by atoms with E-state index >= 15 is 0 Å². The molecule has 0 aliphatic carbocycles. The highest BCUT2D eigenvalue weighted by molar-refractivity contribution is 8.00. The van der Waals surface area contributed by atoms with Crippen LogP contribution in [0.5, 0.6) is 0 Å². The second-order valence-corrected chi connectivity index (χ2v) is 4.62. The minimum absolute atomic E-state index is 0.476. The van der Waals surface area contributed by atoms with Gasteiger partial charge in [0.15, 0.2) is 4.34 Å². The Morgan fingerprint density at radius 3 is 3.17 bits per heavy atom. The number of rotatable bonds is 4. The van der Waals surface area contributed by atoms with E-state index in [0.29, 0.717) is 6.10 Å². The van der Waals surface area contributed by atoms with E-state index in [4.69, 9.17) is 4.74 Å². The number of thioether (sulfide) groups is 1. The van der Waals surface area contributed by atoms with Gasteiger partial charge in [-0.15, -0.1) is 0 Å². The van der Waals surface area contributed by atoms with Crippen molar-refractivity contribution in [3.8, 4) is 0 Å². The third-order valence-corrected chi connectivity index (χ3v) is 3.56. The van der Waals surface area contributed by atoms with E-state index in [-0.39, 0.29) is 0 Å². The number of hydrogen-bond donors (Lipinski definition) is 0. The fourth-order valence-electron chi connectivity index (χ4n) is 0.769. The molecule has 0 radical (unpaired) electrons. The number of ether oxygens (including phenoxy) is 1. The van der Waals surface area contributed by atoms with Crippen molar-refractivity contribution in [2.24, 2.45) is 0 Å². The SMILES string of the molecule is CCc1nsc(SCC2CO2)n1. The Morgan fingerprint density at radius 2 is 2.58 bits per heavy atom. The Morgan fingerprint density at radius 1 is 1.75 bits per heavy atom. The average molecular weight is 202 g/mol. The molecule has 5 heteroatoms. The largest absolute Gasteiger partial charge is 0.372 e. The van der Waals surface area contributed by atoms with Gasteiger partial charge in [0.2, 0.25) is 0 Å². The van der Waals surface area contributed by atoms with Gasteiger partial charge in [-0.1, -0.05) is 18.7 Å². The van der Waals surface area contributed by atoms with Crippen molar-refractivity contribution in [2.75, 3.05) is 12.4 Å². The molecule has 0 amide bonds. The predicted molar refractivity (Wildman–Crippen MR) is 49.8 cm³/mol. The molecule has 1 aromatic heterocycles. The van der Waals surface area contributed by atoms with Gasteiger partial charge in [0, 0.05) is 12.2 Å². The Balaban J connectivity index is 1.84. The zero-order valence-electron chi connectivity index (χ0n) is 6.82. The number of nitrogens with zero attached hydrogens (tertiary/aromatic N) is 2. The van der Waals surface area contributed by atoms with E-state index in [1.165, 1.54) is 11.5 Å². The first-order valence-electron chi connectivity index (χ1n) is 3.95. The maximum Gasteiger partial charge on any atom is 0.170 e. The summed E-state index contributed by atoms with van der Waals surface area (Å²) >= 11 is 3.24. The van der Waals surface area contributed by atoms with Crippen molar-refractivity contribution < 1.29 is 4.74 Å². The summed E-state index contributed by atoms with van der Waals surface area (Å²) in [5, 5.41) is 0. The first-order valence-corrected chi connectivity index (χ1v) is 5.71. The van der Waals surface area contributed by atoms with E-state index in [1.807, 2.05) is 0 Å². The second kappa shape index (κ2) is 3.72.